The number of rotatable bonds is 1. The van der Waals surface area contributed by atoms with Crippen LogP contribution in [-0.4, -0.2) is 27.2 Å². The van der Waals surface area contributed by atoms with E-state index >= 15 is 0 Å². The third-order valence-corrected chi connectivity index (χ3v) is 5.16. The smallest absolute Gasteiger partial charge is 0.313 e. The molecule has 2 aliphatic rings. The van der Waals surface area contributed by atoms with Crippen molar-refractivity contribution in [1.82, 2.24) is 15.1 Å². The Hall–Kier alpha value is -2.92. The van der Waals surface area contributed by atoms with Crippen LogP contribution < -0.4 is 10.9 Å². The predicted molar refractivity (Wildman–Crippen MR) is 91.3 cm³/mol. The summed E-state index contributed by atoms with van der Waals surface area (Å²) in [5.41, 5.74) is 1.22. The molecule has 2 atom stereocenters. The van der Waals surface area contributed by atoms with Crippen molar-refractivity contribution in [3.8, 4) is 6.07 Å². The molecule has 0 saturated carbocycles. The van der Waals surface area contributed by atoms with E-state index in [4.69, 9.17) is 16.9 Å². The van der Waals surface area contributed by atoms with E-state index in [9.17, 15) is 14.0 Å². The number of nitrogens with one attached hydrogen (secondary N) is 2. The number of nitriles is 1. The van der Waals surface area contributed by atoms with Crippen molar-refractivity contribution in [2.75, 3.05) is 5.32 Å². The lowest BCUT2D eigenvalue weighted by molar-refractivity contribution is 0.177. The SMILES string of the molecule is N#Cc1cc(NC(=O)N2[C@H]3CC[C@@H]2c2n[nH]c(=O)cc2C3)c(F)cc1Cl. The Morgan fingerprint density at radius 2 is 2.23 bits per heavy atom. The molecule has 2 aliphatic heterocycles. The van der Waals surface area contributed by atoms with Crippen molar-refractivity contribution in [2.24, 2.45) is 0 Å². The first-order chi connectivity index (χ1) is 12.5. The van der Waals surface area contributed by atoms with Crippen LogP contribution in [0, 0.1) is 17.1 Å². The molecule has 1 fully saturated rings. The van der Waals surface area contributed by atoms with E-state index in [1.165, 1.54) is 12.1 Å². The second kappa shape index (κ2) is 6.11. The number of anilines is 1. The van der Waals surface area contributed by atoms with Crippen molar-refractivity contribution in [1.29, 1.82) is 5.26 Å². The summed E-state index contributed by atoms with van der Waals surface area (Å²) in [5, 5.41) is 18.0. The summed E-state index contributed by atoms with van der Waals surface area (Å²) in [5.74, 6) is -0.713. The van der Waals surface area contributed by atoms with Crippen molar-refractivity contribution in [2.45, 2.75) is 31.3 Å². The molecule has 26 heavy (non-hydrogen) atoms. The quantitative estimate of drug-likeness (QED) is 0.802. The number of halogens is 2. The van der Waals surface area contributed by atoms with Gasteiger partial charge in [0.25, 0.3) is 5.56 Å². The highest BCUT2D eigenvalue weighted by molar-refractivity contribution is 6.31. The number of aromatic nitrogens is 2. The fraction of sp³-hybridized carbons (Fsp3) is 0.294. The van der Waals surface area contributed by atoms with Crippen LogP contribution in [0.5, 0.6) is 0 Å². The minimum absolute atomic E-state index is 0.0110. The molecular weight excluding hydrogens is 361 g/mol. The monoisotopic (exact) mass is 373 g/mol. The first-order valence-electron chi connectivity index (χ1n) is 8.05. The molecular formula is C17H13ClFN5O2. The summed E-state index contributed by atoms with van der Waals surface area (Å²) in [6.45, 7) is 0. The molecule has 1 aromatic carbocycles. The van der Waals surface area contributed by atoms with E-state index in [0.717, 1.165) is 24.5 Å². The lowest BCUT2D eigenvalue weighted by Crippen LogP contribution is -2.45. The number of H-pyrrole nitrogens is 1. The molecule has 0 aliphatic carbocycles. The van der Waals surface area contributed by atoms with Crippen molar-refractivity contribution in [3.05, 3.63) is 56.2 Å². The van der Waals surface area contributed by atoms with E-state index < -0.39 is 11.8 Å². The normalized spacial score (nSPS) is 20.4. The van der Waals surface area contributed by atoms with Crippen LogP contribution in [0.25, 0.3) is 0 Å². The predicted octanol–water partition coefficient (Wildman–Crippen LogP) is 2.73. The first kappa shape index (κ1) is 16.5. The number of carbonyl (C=O) groups excluding carboxylic acids is 1. The van der Waals surface area contributed by atoms with Crippen molar-refractivity contribution < 1.29 is 9.18 Å². The lowest BCUT2D eigenvalue weighted by atomic mass is 9.99. The molecule has 9 heteroatoms. The number of fused-ring (bicyclic) bond motifs is 4. The van der Waals surface area contributed by atoms with Crippen LogP contribution in [0.15, 0.2) is 23.0 Å². The van der Waals surface area contributed by atoms with Gasteiger partial charge in [-0.3, -0.25) is 4.79 Å². The van der Waals surface area contributed by atoms with Gasteiger partial charge in [0.1, 0.15) is 11.9 Å². The molecule has 0 radical (unpaired) electrons. The van der Waals surface area contributed by atoms with Crippen LogP contribution in [0.4, 0.5) is 14.9 Å². The topological polar surface area (TPSA) is 102 Å². The van der Waals surface area contributed by atoms with Gasteiger partial charge in [-0.25, -0.2) is 14.3 Å². The van der Waals surface area contributed by atoms with Gasteiger partial charge in [-0.05, 0) is 37.0 Å². The zero-order valence-corrected chi connectivity index (χ0v) is 14.2. The number of benzene rings is 1. The summed E-state index contributed by atoms with van der Waals surface area (Å²) in [7, 11) is 0. The number of carbonyl (C=O) groups is 1. The van der Waals surface area contributed by atoms with Crippen LogP contribution in [-0.2, 0) is 6.42 Å². The average Bonchev–Trinajstić information content (AvgIpc) is 2.92. The molecule has 1 aromatic heterocycles. The Balaban J connectivity index is 1.63. The number of nitrogens with zero attached hydrogens (tertiary/aromatic N) is 3. The van der Waals surface area contributed by atoms with E-state index in [-0.39, 0.29) is 33.9 Å². The number of urea groups is 1. The summed E-state index contributed by atoms with van der Waals surface area (Å²) in [4.78, 5) is 25.9. The molecule has 2 aromatic rings. The van der Waals surface area contributed by atoms with Gasteiger partial charge in [0, 0.05) is 12.1 Å². The minimum Gasteiger partial charge on any atom is -0.313 e. The largest absolute Gasteiger partial charge is 0.322 e. The van der Waals surface area contributed by atoms with Gasteiger partial charge in [-0.1, -0.05) is 11.6 Å². The third kappa shape index (κ3) is 2.61. The lowest BCUT2D eigenvalue weighted by Gasteiger charge is -2.35. The van der Waals surface area contributed by atoms with Gasteiger partial charge in [0.2, 0.25) is 0 Å². The highest BCUT2D eigenvalue weighted by Crippen LogP contribution is 2.42. The fourth-order valence-electron chi connectivity index (χ4n) is 3.73. The molecule has 0 spiro atoms. The van der Waals surface area contributed by atoms with E-state index in [1.807, 2.05) is 6.07 Å². The number of hydrogen-bond donors (Lipinski definition) is 2. The summed E-state index contributed by atoms with van der Waals surface area (Å²) < 4.78 is 14.1. The highest BCUT2D eigenvalue weighted by Gasteiger charge is 2.44. The molecule has 0 unspecified atom stereocenters. The zero-order chi connectivity index (χ0) is 18.4. The molecule has 7 nitrogen and oxygen atoms in total. The average molecular weight is 374 g/mol. The number of amides is 2. The standard InChI is InChI=1S/C17H13ClFN5O2/c18-11-6-12(19)13(4-9(11)7-20)21-17(26)24-10-1-2-14(24)16-8(3-10)5-15(25)22-23-16/h4-6,10,14H,1-3H2,(H,21,26)(H,22,25)/t10-,14+/m0/s1. The van der Waals surface area contributed by atoms with Gasteiger partial charge < -0.3 is 10.2 Å². The molecule has 132 valence electrons. The Morgan fingerprint density at radius 3 is 3.00 bits per heavy atom. The van der Waals surface area contributed by atoms with Gasteiger partial charge in [0.05, 0.1) is 28.0 Å². The van der Waals surface area contributed by atoms with Crippen molar-refractivity contribution in [3.63, 3.8) is 0 Å². The molecule has 2 N–H and O–H groups in total. The second-order valence-electron chi connectivity index (χ2n) is 6.35. The second-order valence-corrected chi connectivity index (χ2v) is 6.76. The van der Waals surface area contributed by atoms with E-state index in [1.54, 1.807) is 4.90 Å². The van der Waals surface area contributed by atoms with Crippen LogP contribution >= 0.6 is 11.6 Å². The van der Waals surface area contributed by atoms with Gasteiger partial charge in [-0.2, -0.15) is 10.4 Å². The number of aromatic amines is 1. The minimum atomic E-state index is -0.713. The zero-order valence-electron chi connectivity index (χ0n) is 13.4. The molecule has 2 amide bonds. The maximum Gasteiger partial charge on any atom is 0.322 e. The van der Waals surface area contributed by atoms with Gasteiger partial charge in [0.15, 0.2) is 0 Å². The number of hydrogen-bond acceptors (Lipinski definition) is 4. The van der Waals surface area contributed by atoms with Crippen LogP contribution in [0.1, 0.15) is 35.7 Å². The molecule has 1 saturated heterocycles. The first-order valence-corrected chi connectivity index (χ1v) is 8.42. The maximum atomic E-state index is 14.1. The summed E-state index contributed by atoms with van der Waals surface area (Å²) in [6.07, 6.45) is 2.02. The van der Waals surface area contributed by atoms with Gasteiger partial charge in [-0.15, -0.1) is 0 Å². The summed E-state index contributed by atoms with van der Waals surface area (Å²) in [6, 6.07) is 4.76. The Morgan fingerprint density at radius 1 is 1.42 bits per heavy atom. The summed E-state index contributed by atoms with van der Waals surface area (Å²) >= 11 is 5.79. The Kier molecular flexibility index (Phi) is 3.89. The van der Waals surface area contributed by atoms with E-state index in [2.05, 4.69) is 15.5 Å². The maximum absolute atomic E-state index is 14.1. The van der Waals surface area contributed by atoms with E-state index in [0.29, 0.717) is 12.1 Å². The van der Waals surface area contributed by atoms with Gasteiger partial charge >= 0.3 is 6.03 Å². The molecule has 2 bridgehead atoms. The fourth-order valence-corrected chi connectivity index (χ4v) is 3.92. The van der Waals surface area contributed by atoms with Crippen LogP contribution in [0.2, 0.25) is 5.02 Å². The Labute approximate surface area is 152 Å². The highest BCUT2D eigenvalue weighted by atomic mass is 35.5. The van der Waals surface area contributed by atoms with Crippen LogP contribution in [0.3, 0.4) is 0 Å². The van der Waals surface area contributed by atoms with Crippen molar-refractivity contribution >= 4 is 23.3 Å². The molecule has 4 rings (SSSR count). The Bertz CT molecular complexity index is 1020. The third-order valence-electron chi connectivity index (χ3n) is 4.85. The molecule has 3 heterocycles.